The first kappa shape index (κ1) is 19.8. The summed E-state index contributed by atoms with van der Waals surface area (Å²) in [5.74, 6) is 2.59. The number of aromatic nitrogens is 2. The van der Waals surface area contributed by atoms with E-state index in [-0.39, 0.29) is 6.10 Å². The molecular formula is C19H34N4O2. The second-order valence-electron chi connectivity index (χ2n) is 6.74. The number of hydrogen-bond donors (Lipinski definition) is 1. The number of anilines is 1. The molecule has 1 saturated heterocycles. The number of piperidine rings is 1. The fraction of sp³-hybridized carbons (Fsp3) is 0.737. The largest absolute Gasteiger partial charge is 0.495 e. The fourth-order valence-electron chi connectivity index (χ4n) is 3.15. The SMILES string of the molecule is CNc1nc(/C=C(/OCCCN2CCCCC2)C(C)OC)n(C)c1C. The van der Waals surface area contributed by atoms with Gasteiger partial charge in [0.1, 0.15) is 23.5 Å². The molecule has 1 fully saturated rings. The van der Waals surface area contributed by atoms with E-state index in [1.807, 2.05) is 27.1 Å². The van der Waals surface area contributed by atoms with Crippen molar-refractivity contribution in [3.05, 3.63) is 17.3 Å². The Morgan fingerprint density at radius 2 is 2.04 bits per heavy atom. The van der Waals surface area contributed by atoms with Gasteiger partial charge in [0.25, 0.3) is 0 Å². The minimum absolute atomic E-state index is 0.0926. The van der Waals surface area contributed by atoms with Crippen LogP contribution in [0.1, 0.15) is 44.1 Å². The number of methoxy groups -OCH3 is 1. The van der Waals surface area contributed by atoms with Crippen molar-refractivity contribution in [1.82, 2.24) is 14.5 Å². The summed E-state index contributed by atoms with van der Waals surface area (Å²) in [4.78, 5) is 7.16. The van der Waals surface area contributed by atoms with Gasteiger partial charge < -0.3 is 24.3 Å². The molecule has 0 saturated carbocycles. The molecule has 1 aromatic heterocycles. The Kier molecular flexibility index (Phi) is 7.78. The Balaban J connectivity index is 1.96. The molecule has 2 rings (SSSR count). The first-order chi connectivity index (χ1) is 12.1. The van der Waals surface area contributed by atoms with Crippen LogP contribution >= 0.6 is 0 Å². The van der Waals surface area contributed by atoms with Gasteiger partial charge in [0.15, 0.2) is 0 Å². The lowest BCUT2D eigenvalue weighted by atomic mass is 10.1. The Labute approximate surface area is 152 Å². The summed E-state index contributed by atoms with van der Waals surface area (Å²) in [7, 11) is 5.61. The van der Waals surface area contributed by atoms with Crippen molar-refractivity contribution >= 4 is 11.9 Å². The topological polar surface area (TPSA) is 51.6 Å². The van der Waals surface area contributed by atoms with E-state index >= 15 is 0 Å². The number of ether oxygens (including phenoxy) is 2. The Morgan fingerprint density at radius 3 is 2.64 bits per heavy atom. The molecule has 0 radical (unpaired) electrons. The molecule has 0 aliphatic carbocycles. The molecule has 6 heteroatoms. The molecule has 1 aliphatic rings. The third-order valence-electron chi connectivity index (χ3n) is 5.01. The van der Waals surface area contributed by atoms with Crippen molar-refractivity contribution in [2.24, 2.45) is 7.05 Å². The lowest BCUT2D eigenvalue weighted by molar-refractivity contribution is 0.0721. The lowest BCUT2D eigenvalue weighted by Gasteiger charge is -2.26. The van der Waals surface area contributed by atoms with Crippen molar-refractivity contribution in [3.8, 4) is 0 Å². The number of nitrogens with zero attached hydrogens (tertiary/aromatic N) is 3. The smallest absolute Gasteiger partial charge is 0.147 e. The molecule has 6 nitrogen and oxygen atoms in total. The first-order valence-electron chi connectivity index (χ1n) is 9.37. The van der Waals surface area contributed by atoms with Crippen LogP contribution in [0.3, 0.4) is 0 Å². The first-order valence-corrected chi connectivity index (χ1v) is 9.37. The van der Waals surface area contributed by atoms with Crippen LogP contribution in [0.4, 0.5) is 5.82 Å². The third kappa shape index (κ3) is 5.47. The normalized spacial score (nSPS) is 17.6. The zero-order chi connectivity index (χ0) is 18.2. The maximum atomic E-state index is 6.06. The number of rotatable bonds is 9. The molecule has 0 aromatic carbocycles. The summed E-state index contributed by atoms with van der Waals surface area (Å²) >= 11 is 0. The molecule has 25 heavy (non-hydrogen) atoms. The van der Waals surface area contributed by atoms with Crippen LogP contribution in [0.25, 0.3) is 6.08 Å². The molecule has 1 aromatic rings. The molecule has 2 heterocycles. The van der Waals surface area contributed by atoms with Gasteiger partial charge in [0, 0.05) is 33.8 Å². The van der Waals surface area contributed by atoms with Crippen molar-refractivity contribution < 1.29 is 9.47 Å². The molecule has 1 aliphatic heterocycles. The lowest BCUT2D eigenvalue weighted by Crippen LogP contribution is -2.31. The molecule has 0 bridgehead atoms. The van der Waals surface area contributed by atoms with E-state index in [2.05, 4.69) is 26.7 Å². The molecule has 0 spiro atoms. The second kappa shape index (κ2) is 9.82. The summed E-state index contributed by atoms with van der Waals surface area (Å²) in [5, 5.41) is 3.12. The van der Waals surface area contributed by atoms with Crippen LogP contribution in [-0.2, 0) is 16.5 Å². The van der Waals surface area contributed by atoms with E-state index in [0.29, 0.717) is 6.61 Å². The monoisotopic (exact) mass is 350 g/mol. The highest BCUT2D eigenvalue weighted by Gasteiger charge is 2.15. The number of imidazole rings is 1. The molecule has 0 amide bonds. The zero-order valence-corrected chi connectivity index (χ0v) is 16.5. The van der Waals surface area contributed by atoms with E-state index < -0.39 is 0 Å². The average molecular weight is 351 g/mol. The number of likely N-dealkylation sites (tertiary alicyclic amines) is 1. The molecule has 142 valence electrons. The molecular weight excluding hydrogens is 316 g/mol. The summed E-state index contributed by atoms with van der Waals surface area (Å²) in [6.45, 7) is 8.34. The third-order valence-corrected chi connectivity index (χ3v) is 5.01. The number of hydrogen-bond acceptors (Lipinski definition) is 5. The zero-order valence-electron chi connectivity index (χ0n) is 16.5. The van der Waals surface area contributed by atoms with Gasteiger partial charge in [-0.1, -0.05) is 6.42 Å². The Morgan fingerprint density at radius 1 is 1.32 bits per heavy atom. The van der Waals surface area contributed by atoms with Gasteiger partial charge in [-0.15, -0.1) is 0 Å². The van der Waals surface area contributed by atoms with Crippen molar-refractivity contribution in [3.63, 3.8) is 0 Å². The van der Waals surface area contributed by atoms with Crippen LogP contribution in [0.2, 0.25) is 0 Å². The highest BCUT2D eigenvalue weighted by molar-refractivity contribution is 5.52. The van der Waals surface area contributed by atoms with Gasteiger partial charge in [0.2, 0.25) is 0 Å². The average Bonchev–Trinajstić information content (AvgIpc) is 2.92. The summed E-state index contributed by atoms with van der Waals surface area (Å²) in [5.41, 5.74) is 1.10. The standard InChI is InChI=1S/C19H34N4O2/c1-15-19(20-3)21-18(22(15)4)14-17(16(2)24-5)25-13-9-12-23-10-7-6-8-11-23/h14,16,20H,6-13H2,1-5H3/b17-14+. The Bertz CT molecular complexity index is 562. The van der Waals surface area contributed by atoms with Crippen molar-refractivity contribution in [2.45, 2.75) is 45.6 Å². The van der Waals surface area contributed by atoms with Gasteiger partial charge in [-0.2, -0.15) is 0 Å². The minimum atomic E-state index is -0.0926. The van der Waals surface area contributed by atoms with Crippen LogP contribution in [0, 0.1) is 6.92 Å². The van der Waals surface area contributed by atoms with Gasteiger partial charge >= 0.3 is 0 Å². The predicted octanol–water partition coefficient (Wildman–Crippen LogP) is 3.04. The van der Waals surface area contributed by atoms with Gasteiger partial charge in [-0.25, -0.2) is 4.98 Å². The maximum absolute atomic E-state index is 6.06. The van der Waals surface area contributed by atoms with Gasteiger partial charge in [-0.05, 0) is 46.2 Å². The molecule has 1 atom stereocenters. The molecule has 1 N–H and O–H groups in total. The minimum Gasteiger partial charge on any atom is -0.495 e. The maximum Gasteiger partial charge on any atom is 0.147 e. The second-order valence-corrected chi connectivity index (χ2v) is 6.74. The van der Waals surface area contributed by atoms with Crippen molar-refractivity contribution in [1.29, 1.82) is 0 Å². The van der Waals surface area contributed by atoms with Gasteiger partial charge in [-0.3, -0.25) is 0 Å². The summed E-state index contributed by atoms with van der Waals surface area (Å²) < 4.78 is 13.6. The van der Waals surface area contributed by atoms with Crippen LogP contribution in [0.5, 0.6) is 0 Å². The molecule has 1 unspecified atom stereocenters. The van der Waals surface area contributed by atoms with E-state index in [1.165, 1.54) is 32.4 Å². The fourth-order valence-corrected chi connectivity index (χ4v) is 3.15. The van der Waals surface area contributed by atoms with E-state index in [0.717, 1.165) is 36.1 Å². The highest BCUT2D eigenvalue weighted by atomic mass is 16.5. The van der Waals surface area contributed by atoms with E-state index in [1.54, 1.807) is 7.11 Å². The van der Waals surface area contributed by atoms with E-state index in [4.69, 9.17) is 9.47 Å². The van der Waals surface area contributed by atoms with E-state index in [9.17, 15) is 0 Å². The summed E-state index contributed by atoms with van der Waals surface area (Å²) in [6, 6.07) is 0. The quantitative estimate of drug-likeness (QED) is 0.548. The summed E-state index contributed by atoms with van der Waals surface area (Å²) in [6.07, 6.45) is 6.98. The highest BCUT2D eigenvalue weighted by Crippen LogP contribution is 2.19. The van der Waals surface area contributed by atoms with Crippen LogP contribution < -0.4 is 5.32 Å². The van der Waals surface area contributed by atoms with Gasteiger partial charge in [0.05, 0.1) is 12.3 Å². The Hall–Kier alpha value is -1.53. The van der Waals surface area contributed by atoms with Crippen molar-refractivity contribution in [2.75, 3.05) is 45.7 Å². The van der Waals surface area contributed by atoms with Crippen LogP contribution in [-0.4, -0.2) is 61.0 Å². The van der Waals surface area contributed by atoms with Crippen LogP contribution in [0.15, 0.2) is 5.76 Å². The predicted molar refractivity (Wildman–Crippen MR) is 103 cm³/mol. The number of nitrogens with one attached hydrogen (secondary N) is 1.